The van der Waals surface area contributed by atoms with Gasteiger partial charge in [-0.1, -0.05) is 18.2 Å². The molecule has 2 amide bonds. The van der Waals surface area contributed by atoms with Crippen molar-refractivity contribution >= 4 is 35.3 Å². The maximum absolute atomic E-state index is 13.0. The Kier molecular flexibility index (Phi) is 6.57. The summed E-state index contributed by atoms with van der Waals surface area (Å²) in [6.07, 6.45) is 2.29. The molecule has 0 unspecified atom stereocenters. The van der Waals surface area contributed by atoms with Crippen molar-refractivity contribution < 1.29 is 9.59 Å². The predicted octanol–water partition coefficient (Wildman–Crippen LogP) is 3.33. The molecule has 0 saturated carbocycles. The Balaban J connectivity index is 1.65. The van der Waals surface area contributed by atoms with Crippen LogP contribution in [0.3, 0.4) is 0 Å². The van der Waals surface area contributed by atoms with Gasteiger partial charge in [-0.3, -0.25) is 9.59 Å². The third-order valence-electron chi connectivity index (χ3n) is 5.22. The molecule has 1 heterocycles. The van der Waals surface area contributed by atoms with E-state index in [2.05, 4.69) is 16.7 Å². The Hall–Kier alpha value is -3.24. The number of benzene rings is 2. The fourth-order valence-corrected chi connectivity index (χ4v) is 3.69. The highest BCUT2D eigenvalue weighted by Gasteiger charge is 2.25. The zero-order chi connectivity index (χ0) is 20.8. The van der Waals surface area contributed by atoms with Gasteiger partial charge in [-0.2, -0.15) is 5.26 Å². The number of amides is 2. The molecule has 0 aliphatic carbocycles. The van der Waals surface area contributed by atoms with E-state index in [1.54, 1.807) is 6.07 Å². The van der Waals surface area contributed by atoms with Crippen LogP contribution < -0.4 is 10.6 Å². The first-order chi connectivity index (χ1) is 14.0. The summed E-state index contributed by atoms with van der Waals surface area (Å²) in [7, 11) is 0. The van der Waals surface area contributed by atoms with E-state index in [-0.39, 0.29) is 11.0 Å². The van der Waals surface area contributed by atoms with Crippen LogP contribution >= 0.6 is 12.2 Å². The molecule has 2 N–H and O–H groups in total. The number of aryl methyl sites for hydroxylation is 1. The van der Waals surface area contributed by atoms with E-state index in [9.17, 15) is 9.59 Å². The van der Waals surface area contributed by atoms with Crippen LogP contribution in [0.25, 0.3) is 0 Å². The maximum Gasteiger partial charge on any atom is 0.253 e. The molecule has 0 spiro atoms. The summed E-state index contributed by atoms with van der Waals surface area (Å²) in [5.74, 6) is 0.384. The lowest BCUT2D eigenvalue weighted by Gasteiger charge is -2.32. The molecule has 0 radical (unpaired) electrons. The van der Waals surface area contributed by atoms with Gasteiger partial charge in [0.1, 0.15) is 0 Å². The molecule has 1 saturated heterocycles. The van der Waals surface area contributed by atoms with Gasteiger partial charge in [0, 0.05) is 24.3 Å². The van der Waals surface area contributed by atoms with Crippen molar-refractivity contribution in [2.24, 2.45) is 0 Å². The van der Waals surface area contributed by atoms with Crippen LogP contribution in [0.15, 0.2) is 42.5 Å². The summed E-state index contributed by atoms with van der Waals surface area (Å²) < 4.78 is 0. The average molecular weight is 407 g/mol. The van der Waals surface area contributed by atoms with Crippen LogP contribution in [0, 0.1) is 18.3 Å². The van der Waals surface area contributed by atoms with Gasteiger partial charge < -0.3 is 15.5 Å². The molecule has 2 aromatic rings. The molecule has 0 atom stereocenters. The second-order valence-electron chi connectivity index (χ2n) is 7.05. The topological polar surface area (TPSA) is 85.2 Å². The number of nitrogens with zero attached hydrogens (tertiary/aromatic N) is 2. The van der Waals surface area contributed by atoms with Gasteiger partial charge in [-0.05, 0) is 73.3 Å². The third-order valence-corrected chi connectivity index (χ3v) is 5.44. The molecule has 2 aromatic carbocycles. The highest BCUT2D eigenvalue weighted by atomic mass is 32.1. The lowest BCUT2D eigenvalue weighted by atomic mass is 9.89. The number of piperidine rings is 1. The molecular formula is C22H22N4O2S. The van der Waals surface area contributed by atoms with Crippen molar-refractivity contribution in [3.8, 4) is 6.07 Å². The number of carbonyl (C=O) groups excluding carboxylic acids is 2. The first-order valence-electron chi connectivity index (χ1n) is 9.43. The highest BCUT2D eigenvalue weighted by molar-refractivity contribution is 7.80. The number of thiocarbonyl (C=S) groups is 1. The maximum atomic E-state index is 13.0. The van der Waals surface area contributed by atoms with Crippen LogP contribution in [0.5, 0.6) is 0 Å². The molecule has 6 nitrogen and oxygen atoms in total. The normalized spacial score (nSPS) is 14.0. The summed E-state index contributed by atoms with van der Waals surface area (Å²) in [6, 6.07) is 15.3. The number of anilines is 1. The summed E-state index contributed by atoms with van der Waals surface area (Å²) in [5, 5.41) is 14.5. The smallest absolute Gasteiger partial charge is 0.253 e. The highest BCUT2D eigenvalue weighted by Crippen LogP contribution is 2.29. The summed E-state index contributed by atoms with van der Waals surface area (Å²) in [5.41, 5.74) is 4.09. The van der Waals surface area contributed by atoms with E-state index in [1.807, 2.05) is 48.2 Å². The van der Waals surface area contributed by atoms with E-state index in [0.717, 1.165) is 18.4 Å². The van der Waals surface area contributed by atoms with Crippen LogP contribution in [-0.2, 0) is 4.79 Å². The second-order valence-corrected chi connectivity index (χ2v) is 7.45. The standard InChI is InChI=1S/C22H22N4O2S/c1-15-2-5-19(12-20(15)25-22(29)24-14-27)21(28)26-10-8-18(9-11-26)17-6-3-16(13-23)4-7-17/h2-7,12,14,18H,8-11H2,1H3,(H2,24,25,27,29). The number of hydrogen-bond donors (Lipinski definition) is 2. The van der Waals surface area contributed by atoms with Crippen molar-refractivity contribution in [2.75, 3.05) is 18.4 Å². The largest absolute Gasteiger partial charge is 0.339 e. The van der Waals surface area contributed by atoms with Gasteiger partial charge in [0.05, 0.1) is 11.6 Å². The van der Waals surface area contributed by atoms with Crippen molar-refractivity contribution in [1.29, 1.82) is 5.26 Å². The van der Waals surface area contributed by atoms with Gasteiger partial charge >= 0.3 is 0 Å². The second kappa shape index (κ2) is 9.30. The van der Waals surface area contributed by atoms with Crippen LogP contribution in [0.1, 0.15) is 45.8 Å². The van der Waals surface area contributed by atoms with Crippen LogP contribution in [0.2, 0.25) is 0 Å². The van der Waals surface area contributed by atoms with E-state index in [0.29, 0.717) is 42.2 Å². The number of nitrogens with one attached hydrogen (secondary N) is 2. The Labute approximate surface area is 175 Å². The zero-order valence-electron chi connectivity index (χ0n) is 16.1. The number of carbonyl (C=O) groups is 2. The number of rotatable bonds is 4. The molecule has 148 valence electrons. The molecular weight excluding hydrogens is 384 g/mol. The Morgan fingerprint density at radius 3 is 2.52 bits per heavy atom. The van der Waals surface area contributed by atoms with Crippen molar-refractivity contribution in [1.82, 2.24) is 10.2 Å². The molecule has 3 rings (SSSR count). The third kappa shape index (κ3) is 4.98. The van der Waals surface area contributed by atoms with Gasteiger partial charge in [-0.25, -0.2) is 0 Å². The van der Waals surface area contributed by atoms with Crippen molar-refractivity contribution in [3.05, 3.63) is 64.7 Å². The van der Waals surface area contributed by atoms with Crippen molar-refractivity contribution in [3.63, 3.8) is 0 Å². The fourth-order valence-electron chi connectivity index (χ4n) is 3.53. The fraction of sp³-hybridized carbons (Fsp3) is 0.273. The first kappa shape index (κ1) is 20.5. The Bertz CT molecular complexity index is 958. The van der Waals surface area contributed by atoms with E-state index >= 15 is 0 Å². The quantitative estimate of drug-likeness (QED) is 0.601. The zero-order valence-corrected chi connectivity index (χ0v) is 17.0. The number of nitriles is 1. The van der Waals surface area contributed by atoms with E-state index in [1.165, 1.54) is 5.56 Å². The average Bonchev–Trinajstić information content (AvgIpc) is 2.75. The molecule has 7 heteroatoms. The summed E-state index contributed by atoms with van der Waals surface area (Å²) in [6.45, 7) is 3.28. The number of hydrogen-bond acceptors (Lipinski definition) is 4. The van der Waals surface area contributed by atoms with E-state index < -0.39 is 0 Å². The predicted molar refractivity (Wildman–Crippen MR) is 116 cm³/mol. The minimum Gasteiger partial charge on any atom is -0.339 e. The molecule has 1 aliphatic rings. The van der Waals surface area contributed by atoms with Gasteiger partial charge in [0.25, 0.3) is 5.91 Å². The lowest BCUT2D eigenvalue weighted by molar-refractivity contribution is -0.108. The monoisotopic (exact) mass is 406 g/mol. The van der Waals surface area contributed by atoms with Crippen LogP contribution in [-0.4, -0.2) is 35.4 Å². The van der Waals surface area contributed by atoms with Gasteiger partial charge in [0.15, 0.2) is 5.11 Å². The minimum absolute atomic E-state index is 0.0133. The van der Waals surface area contributed by atoms with Gasteiger partial charge in [0.2, 0.25) is 6.41 Å². The summed E-state index contributed by atoms with van der Waals surface area (Å²) in [4.78, 5) is 25.4. The van der Waals surface area contributed by atoms with Crippen LogP contribution in [0.4, 0.5) is 5.69 Å². The lowest BCUT2D eigenvalue weighted by Crippen LogP contribution is -2.38. The van der Waals surface area contributed by atoms with Gasteiger partial charge in [-0.15, -0.1) is 0 Å². The Morgan fingerprint density at radius 2 is 1.90 bits per heavy atom. The molecule has 0 bridgehead atoms. The number of likely N-dealkylation sites (tertiary alicyclic amines) is 1. The first-order valence-corrected chi connectivity index (χ1v) is 9.84. The molecule has 1 aliphatic heterocycles. The molecule has 0 aromatic heterocycles. The van der Waals surface area contributed by atoms with Crippen molar-refractivity contribution in [2.45, 2.75) is 25.7 Å². The minimum atomic E-state index is -0.0133. The van der Waals surface area contributed by atoms with E-state index in [4.69, 9.17) is 17.5 Å². The Morgan fingerprint density at radius 1 is 1.21 bits per heavy atom. The molecule has 1 fully saturated rings. The SMILES string of the molecule is Cc1ccc(C(=O)N2CCC(c3ccc(C#N)cc3)CC2)cc1NC(=S)NC=O. The molecule has 29 heavy (non-hydrogen) atoms. The summed E-state index contributed by atoms with van der Waals surface area (Å²) >= 11 is 5.04.